The average Bonchev–Trinajstić information content (AvgIpc) is 2.94. The molecule has 0 unspecified atom stereocenters. The number of nitrogens with one attached hydrogen (secondary N) is 2. The van der Waals surface area contributed by atoms with Gasteiger partial charge in [-0.1, -0.05) is 60.7 Å². The maximum absolute atomic E-state index is 12.1. The molecule has 2 N–H and O–H groups in total. The molecule has 10 nitrogen and oxygen atoms in total. The fraction of sp³-hybridized carbons (Fsp3) is 0.357. The molecule has 4 amide bonds. The smallest absolute Gasteiger partial charge is 0.331 e. The molecule has 0 aromatic heterocycles. The van der Waals surface area contributed by atoms with Gasteiger partial charge in [-0.3, -0.25) is 0 Å². The first-order valence-corrected chi connectivity index (χ1v) is 12.4. The van der Waals surface area contributed by atoms with Crippen LogP contribution in [0.1, 0.15) is 24.0 Å². The molecule has 0 aliphatic rings. The van der Waals surface area contributed by atoms with Crippen LogP contribution in [0.3, 0.4) is 0 Å². The zero-order valence-electron chi connectivity index (χ0n) is 21.9. The zero-order chi connectivity index (χ0) is 27.6. The summed E-state index contributed by atoms with van der Waals surface area (Å²) in [5, 5.41) is 5.64. The van der Waals surface area contributed by atoms with Gasteiger partial charge < -0.3 is 29.9 Å². The molecule has 0 fully saturated rings. The number of esters is 2. The van der Waals surface area contributed by atoms with Crippen molar-refractivity contribution >= 4 is 24.0 Å². The summed E-state index contributed by atoms with van der Waals surface area (Å²) in [6, 6.07) is 18.7. The Morgan fingerprint density at radius 2 is 1.03 bits per heavy atom. The van der Waals surface area contributed by atoms with Gasteiger partial charge in [0.25, 0.3) is 0 Å². The maximum Gasteiger partial charge on any atom is 0.331 e. The number of rotatable bonds is 14. The van der Waals surface area contributed by atoms with E-state index in [1.165, 1.54) is 9.80 Å². The summed E-state index contributed by atoms with van der Waals surface area (Å²) < 4.78 is 10.1. The van der Waals surface area contributed by atoms with E-state index in [2.05, 4.69) is 10.6 Å². The molecule has 2 aromatic carbocycles. The molecule has 0 saturated carbocycles. The standard InChI is InChI=1S/C28H36N4O6/c1-31(27(35)29-21-23-11-5-3-6-12-23)17-9-19-37-25(33)15-16-26(34)38-20-10-18-32(2)28(36)30-22-24-13-7-4-8-14-24/h3-8,11-16H,9-10,17-22H2,1-2H3,(H,29,35)(H,30,36)/b16-15+. The minimum Gasteiger partial charge on any atom is -0.462 e. The van der Waals surface area contributed by atoms with E-state index < -0.39 is 11.9 Å². The molecule has 204 valence electrons. The molecule has 0 heterocycles. The Balaban J connectivity index is 1.50. The van der Waals surface area contributed by atoms with Crippen LogP contribution >= 0.6 is 0 Å². The third kappa shape index (κ3) is 12.6. The van der Waals surface area contributed by atoms with Gasteiger partial charge in [0, 0.05) is 52.4 Å². The number of carbonyl (C=O) groups excluding carboxylic acids is 4. The van der Waals surface area contributed by atoms with Gasteiger partial charge in [-0.2, -0.15) is 0 Å². The first-order valence-electron chi connectivity index (χ1n) is 12.4. The Bertz CT molecular complexity index is 962. The number of carbonyl (C=O) groups is 4. The van der Waals surface area contributed by atoms with E-state index in [9.17, 15) is 19.2 Å². The second-order valence-electron chi connectivity index (χ2n) is 8.51. The fourth-order valence-corrected chi connectivity index (χ4v) is 3.20. The van der Waals surface area contributed by atoms with Crippen LogP contribution < -0.4 is 10.6 Å². The van der Waals surface area contributed by atoms with E-state index in [0.29, 0.717) is 39.0 Å². The summed E-state index contributed by atoms with van der Waals surface area (Å²) in [6.07, 6.45) is 2.90. The molecule has 0 atom stereocenters. The molecule has 0 spiro atoms. The highest BCUT2D eigenvalue weighted by Crippen LogP contribution is 2.00. The van der Waals surface area contributed by atoms with Crippen LogP contribution in [0.25, 0.3) is 0 Å². The van der Waals surface area contributed by atoms with Crippen molar-refractivity contribution in [1.29, 1.82) is 0 Å². The molecular weight excluding hydrogens is 488 g/mol. The predicted octanol–water partition coefficient (Wildman–Crippen LogP) is 3.09. The number of nitrogens with zero attached hydrogens (tertiary/aromatic N) is 2. The van der Waals surface area contributed by atoms with Gasteiger partial charge in [-0.25, -0.2) is 19.2 Å². The maximum atomic E-state index is 12.1. The third-order valence-electron chi connectivity index (χ3n) is 5.39. The Labute approximate surface area is 223 Å². The van der Waals surface area contributed by atoms with E-state index in [0.717, 1.165) is 23.3 Å². The number of benzene rings is 2. The predicted molar refractivity (Wildman–Crippen MR) is 143 cm³/mol. The molecule has 0 radical (unpaired) electrons. The zero-order valence-corrected chi connectivity index (χ0v) is 21.9. The summed E-state index contributed by atoms with van der Waals surface area (Å²) in [5.41, 5.74) is 2.01. The van der Waals surface area contributed by atoms with Gasteiger partial charge >= 0.3 is 24.0 Å². The van der Waals surface area contributed by atoms with Crippen molar-refractivity contribution in [3.63, 3.8) is 0 Å². The summed E-state index contributed by atoms with van der Waals surface area (Å²) in [6.45, 7) is 1.87. The van der Waals surface area contributed by atoms with Crippen LogP contribution in [-0.2, 0) is 32.2 Å². The van der Waals surface area contributed by atoms with Crippen molar-refractivity contribution in [2.24, 2.45) is 0 Å². The Morgan fingerprint density at radius 1 is 0.658 bits per heavy atom. The summed E-state index contributed by atoms with van der Waals surface area (Å²) in [4.78, 5) is 50.8. The number of hydrogen-bond donors (Lipinski definition) is 2. The van der Waals surface area contributed by atoms with Crippen molar-refractivity contribution < 1.29 is 28.7 Å². The monoisotopic (exact) mass is 524 g/mol. The van der Waals surface area contributed by atoms with Gasteiger partial charge in [-0.05, 0) is 24.0 Å². The number of hydrogen-bond acceptors (Lipinski definition) is 6. The number of amides is 4. The SMILES string of the molecule is CN(CCCOC(=O)/C=C/C(=O)OCCCN(C)C(=O)NCc1ccccc1)C(=O)NCc1ccccc1. The van der Waals surface area contributed by atoms with Gasteiger partial charge in [0.2, 0.25) is 0 Å². The van der Waals surface area contributed by atoms with E-state index in [-0.39, 0.29) is 25.3 Å². The van der Waals surface area contributed by atoms with Crippen LogP contribution in [0.4, 0.5) is 9.59 Å². The quantitative estimate of drug-likeness (QED) is 0.223. The molecule has 0 saturated heterocycles. The number of urea groups is 2. The highest BCUT2D eigenvalue weighted by atomic mass is 16.5. The van der Waals surface area contributed by atoms with Crippen molar-refractivity contribution in [3.8, 4) is 0 Å². The van der Waals surface area contributed by atoms with Crippen LogP contribution in [0.15, 0.2) is 72.8 Å². The van der Waals surface area contributed by atoms with E-state index in [1.807, 2.05) is 60.7 Å². The van der Waals surface area contributed by atoms with Crippen LogP contribution in [-0.4, -0.2) is 74.2 Å². The fourth-order valence-electron chi connectivity index (χ4n) is 3.20. The lowest BCUT2D eigenvalue weighted by Crippen LogP contribution is -2.37. The van der Waals surface area contributed by atoms with Crippen LogP contribution in [0.2, 0.25) is 0 Å². The molecule has 38 heavy (non-hydrogen) atoms. The Morgan fingerprint density at radius 3 is 1.39 bits per heavy atom. The molecule has 0 bridgehead atoms. The minimum absolute atomic E-state index is 0.104. The van der Waals surface area contributed by atoms with Crippen molar-refractivity contribution in [3.05, 3.63) is 83.9 Å². The molecule has 10 heteroatoms. The van der Waals surface area contributed by atoms with Crippen molar-refractivity contribution in [2.75, 3.05) is 40.4 Å². The average molecular weight is 525 g/mol. The summed E-state index contributed by atoms with van der Waals surface area (Å²) in [5.74, 6) is -1.35. The Kier molecular flexibility index (Phi) is 13.5. The third-order valence-corrected chi connectivity index (χ3v) is 5.39. The van der Waals surface area contributed by atoms with Crippen LogP contribution in [0, 0.1) is 0 Å². The molecule has 0 aliphatic heterocycles. The highest BCUT2D eigenvalue weighted by molar-refractivity contribution is 5.91. The van der Waals surface area contributed by atoms with Gasteiger partial charge in [-0.15, -0.1) is 0 Å². The topological polar surface area (TPSA) is 117 Å². The first kappa shape index (κ1) is 29.9. The lowest BCUT2D eigenvalue weighted by atomic mass is 10.2. The second-order valence-corrected chi connectivity index (χ2v) is 8.51. The molecule has 2 rings (SSSR count). The van der Waals surface area contributed by atoms with Gasteiger partial charge in [0.05, 0.1) is 13.2 Å². The summed E-state index contributed by atoms with van der Waals surface area (Å²) in [7, 11) is 3.32. The number of ether oxygens (including phenoxy) is 2. The van der Waals surface area contributed by atoms with Crippen molar-refractivity contribution in [2.45, 2.75) is 25.9 Å². The highest BCUT2D eigenvalue weighted by Gasteiger charge is 2.09. The lowest BCUT2D eigenvalue weighted by Gasteiger charge is -2.18. The molecular formula is C28H36N4O6. The molecule has 0 aliphatic carbocycles. The second kappa shape index (κ2) is 17.2. The van der Waals surface area contributed by atoms with E-state index in [1.54, 1.807) is 14.1 Å². The van der Waals surface area contributed by atoms with Gasteiger partial charge in [0.1, 0.15) is 0 Å². The van der Waals surface area contributed by atoms with E-state index in [4.69, 9.17) is 9.47 Å². The van der Waals surface area contributed by atoms with E-state index >= 15 is 0 Å². The summed E-state index contributed by atoms with van der Waals surface area (Å²) >= 11 is 0. The minimum atomic E-state index is -0.673. The van der Waals surface area contributed by atoms with Gasteiger partial charge in [0.15, 0.2) is 0 Å². The normalized spacial score (nSPS) is 10.5. The lowest BCUT2D eigenvalue weighted by molar-refractivity contribution is -0.140. The first-order chi connectivity index (χ1) is 18.3. The largest absolute Gasteiger partial charge is 0.462 e. The molecule has 2 aromatic rings. The van der Waals surface area contributed by atoms with Crippen LogP contribution in [0.5, 0.6) is 0 Å². The van der Waals surface area contributed by atoms with Crippen molar-refractivity contribution in [1.82, 2.24) is 20.4 Å². The Hall–Kier alpha value is -4.34.